The molecule has 1 N–H and O–H groups in total. The van der Waals surface area contributed by atoms with Crippen LogP contribution in [0.2, 0.25) is 0 Å². The number of nitrogens with one attached hydrogen (secondary N) is 1. The highest BCUT2D eigenvalue weighted by Gasteiger charge is 2.27. The second kappa shape index (κ2) is 6.26. The smallest absolute Gasteiger partial charge is 0.293 e. The zero-order chi connectivity index (χ0) is 12.9. The lowest BCUT2D eigenvalue weighted by Gasteiger charge is -2.29. The molecular formula is C11H17Cl2N3O. The minimum Gasteiger partial charge on any atom is -0.358 e. The second-order valence-corrected chi connectivity index (χ2v) is 4.43. The van der Waals surface area contributed by atoms with E-state index in [1.54, 1.807) is 17.0 Å². The van der Waals surface area contributed by atoms with Crippen LogP contribution in [0.4, 0.5) is 5.82 Å². The van der Waals surface area contributed by atoms with E-state index in [4.69, 9.17) is 23.2 Å². The van der Waals surface area contributed by atoms with Gasteiger partial charge in [0, 0.05) is 30.7 Å². The fraction of sp³-hybridized carbons (Fsp3) is 0.636. The number of nitrogens with zero attached hydrogens (tertiary/aromatic N) is 2. The number of anilines is 1. The SMILES string of the molecule is CCn1ccnc(NC(CC)(CCl)CCl)c1=O. The van der Waals surface area contributed by atoms with Gasteiger partial charge in [0.15, 0.2) is 5.82 Å². The Morgan fingerprint density at radius 1 is 1.41 bits per heavy atom. The van der Waals surface area contributed by atoms with Crippen LogP contribution in [0.25, 0.3) is 0 Å². The molecule has 4 nitrogen and oxygen atoms in total. The fourth-order valence-electron chi connectivity index (χ4n) is 1.41. The Bertz CT molecular complexity index is 407. The van der Waals surface area contributed by atoms with E-state index in [1.165, 1.54) is 0 Å². The van der Waals surface area contributed by atoms with Crippen molar-refractivity contribution in [1.29, 1.82) is 0 Å². The van der Waals surface area contributed by atoms with Gasteiger partial charge in [0.2, 0.25) is 0 Å². The van der Waals surface area contributed by atoms with Gasteiger partial charge in [-0.25, -0.2) is 4.98 Å². The van der Waals surface area contributed by atoms with E-state index in [9.17, 15) is 4.79 Å². The number of aromatic nitrogens is 2. The Kier molecular flexibility index (Phi) is 5.28. The molecule has 0 aromatic carbocycles. The molecule has 0 spiro atoms. The van der Waals surface area contributed by atoms with Gasteiger partial charge in [0.1, 0.15) is 0 Å². The lowest BCUT2D eigenvalue weighted by molar-refractivity contribution is 0.554. The third kappa shape index (κ3) is 3.13. The van der Waals surface area contributed by atoms with Gasteiger partial charge in [-0.2, -0.15) is 0 Å². The van der Waals surface area contributed by atoms with Crippen molar-refractivity contribution in [2.24, 2.45) is 0 Å². The van der Waals surface area contributed by atoms with Crippen LogP contribution in [-0.4, -0.2) is 26.9 Å². The molecule has 0 atom stereocenters. The monoisotopic (exact) mass is 277 g/mol. The molecule has 17 heavy (non-hydrogen) atoms. The van der Waals surface area contributed by atoms with E-state index < -0.39 is 5.54 Å². The third-order valence-electron chi connectivity index (χ3n) is 2.83. The van der Waals surface area contributed by atoms with Crippen LogP contribution >= 0.6 is 23.2 Å². The predicted octanol–water partition coefficient (Wildman–Crippen LogP) is 2.30. The Balaban J connectivity index is 3.06. The molecule has 0 aliphatic carbocycles. The van der Waals surface area contributed by atoms with Crippen molar-refractivity contribution in [3.8, 4) is 0 Å². The maximum atomic E-state index is 12.0. The van der Waals surface area contributed by atoms with Crippen LogP contribution in [0.15, 0.2) is 17.2 Å². The molecular weight excluding hydrogens is 261 g/mol. The molecule has 0 bridgehead atoms. The highest BCUT2D eigenvalue weighted by atomic mass is 35.5. The highest BCUT2D eigenvalue weighted by molar-refractivity contribution is 6.22. The highest BCUT2D eigenvalue weighted by Crippen LogP contribution is 2.19. The molecule has 6 heteroatoms. The van der Waals surface area contributed by atoms with Gasteiger partial charge < -0.3 is 9.88 Å². The van der Waals surface area contributed by atoms with E-state index in [2.05, 4.69) is 10.3 Å². The molecule has 0 unspecified atom stereocenters. The molecule has 0 amide bonds. The lowest BCUT2D eigenvalue weighted by atomic mass is 10.0. The van der Waals surface area contributed by atoms with Gasteiger partial charge in [0.25, 0.3) is 5.56 Å². The average Bonchev–Trinajstić information content (AvgIpc) is 2.38. The average molecular weight is 278 g/mol. The van der Waals surface area contributed by atoms with Crippen LogP contribution in [-0.2, 0) is 6.54 Å². The normalized spacial score (nSPS) is 11.5. The largest absolute Gasteiger partial charge is 0.358 e. The van der Waals surface area contributed by atoms with Crippen molar-refractivity contribution in [1.82, 2.24) is 9.55 Å². The molecule has 0 saturated heterocycles. The van der Waals surface area contributed by atoms with E-state index in [1.807, 2.05) is 13.8 Å². The molecule has 0 aliphatic heterocycles. The summed E-state index contributed by atoms with van der Waals surface area (Å²) in [5, 5.41) is 3.08. The number of aryl methyl sites for hydroxylation is 1. The Labute approximate surface area is 111 Å². The number of alkyl halides is 2. The number of halogens is 2. The first-order valence-electron chi connectivity index (χ1n) is 5.58. The summed E-state index contributed by atoms with van der Waals surface area (Å²) in [5.41, 5.74) is -0.634. The molecule has 1 aromatic heterocycles. The molecule has 0 radical (unpaired) electrons. The molecule has 1 heterocycles. The van der Waals surface area contributed by atoms with Gasteiger partial charge in [-0.1, -0.05) is 6.92 Å². The summed E-state index contributed by atoms with van der Waals surface area (Å²) in [5.74, 6) is 0.960. The van der Waals surface area contributed by atoms with Gasteiger partial charge in [-0.3, -0.25) is 4.79 Å². The van der Waals surface area contributed by atoms with Crippen LogP contribution in [0.5, 0.6) is 0 Å². The summed E-state index contributed by atoms with van der Waals surface area (Å²) in [7, 11) is 0. The number of hydrogen-bond acceptors (Lipinski definition) is 3. The summed E-state index contributed by atoms with van der Waals surface area (Å²) in [4.78, 5) is 16.0. The number of hydrogen-bond donors (Lipinski definition) is 1. The summed E-state index contributed by atoms with van der Waals surface area (Å²) in [6.45, 7) is 4.48. The lowest BCUT2D eigenvalue weighted by Crippen LogP contribution is -2.44. The van der Waals surface area contributed by atoms with Crippen molar-refractivity contribution >= 4 is 29.0 Å². The van der Waals surface area contributed by atoms with Crippen molar-refractivity contribution in [2.45, 2.75) is 32.4 Å². The first kappa shape index (κ1) is 14.3. The molecule has 1 aromatic rings. The fourth-order valence-corrected chi connectivity index (χ4v) is 2.21. The van der Waals surface area contributed by atoms with E-state index in [0.717, 1.165) is 6.42 Å². The van der Waals surface area contributed by atoms with Crippen molar-refractivity contribution < 1.29 is 0 Å². The Morgan fingerprint density at radius 2 is 2.06 bits per heavy atom. The van der Waals surface area contributed by atoms with Crippen molar-refractivity contribution in [3.63, 3.8) is 0 Å². The summed E-state index contributed by atoms with van der Waals surface area (Å²) in [6, 6.07) is 0. The standard InChI is InChI=1S/C11H17Cl2N3O/c1-3-11(7-12,8-13)15-9-10(17)16(4-2)6-5-14-9/h5-6H,3-4,7-8H2,1-2H3,(H,14,15). The molecule has 0 fully saturated rings. The minimum absolute atomic E-state index is 0.150. The zero-order valence-corrected chi connectivity index (χ0v) is 11.6. The Morgan fingerprint density at radius 3 is 2.53 bits per heavy atom. The van der Waals surface area contributed by atoms with E-state index in [0.29, 0.717) is 24.1 Å². The van der Waals surface area contributed by atoms with Gasteiger partial charge in [0.05, 0.1) is 5.54 Å². The van der Waals surface area contributed by atoms with Gasteiger partial charge in [-0.05, 0) is 13.3 Å². The molecule has 0 saturated carbocycles. The second-order valence-electron chi connectivity index (χ2n) is 3.89. The van der Waals surface area contributed by atoms with Crippen molar-refractivity contribution in [3.05, 3.63) is 22.7 Å². The van der Waals surface area contributed by atoms with Crippen LogP contribution in [0.3, 0.4) is 0 Å². The van der Waals surface area contributed by atoms with Crippen LogP contribution < -0.4 is 10.9 Å². The first-order valence-corrected chi connectivity index (χ1v) is 6.65. The zero-order valence-electron chi connectivity index (χ0n) is 10.0. The Hall–Kier alpha value is -0.740. The predicted molar refractivity (Wildman–Crippen MR) is 72.3 cm³/mol. The van der Waals surface area contributed by atoms with E-state index >= 15 is 0 Å². The maximum Gasteiger partial charge on any atom is 0.293 e. The molecule has 1 rings (SSSR count). The minimum atomic E-state index is -0.484. The first-order chi connectivity index (χ1) is 8.12. The van der Waals surface area contributed by atoms with Gasteiger partial charge in [-0.15, -0.1) is 23.2 Å². The van der Waals surface area contributed by atoms with Crippen molar-refractivity contribution in [2.75, 3.05) is 17.1 Å². The molecule has 0 aliphatic rings. The quantitative estimate of drug-likeness (QED) is 0.812. The maximum absolute atomic E-state index is 12.0. The summed E-state index contributed by atoms with van der Waals surface area (Å²) >= 11 is 11.8. The van der Waals surface area contributed by atoms with Crippen LogP contribution in [0, 0.1) is 0 Å². The number of rotatable bonds is 6. The van der Waals surface area contributed by atoms with E-state index in [-0.39, 0.29) is 5.56 Å². The third-order valence-corrected chi connectivity index (χ3v) is 3.85. The van der Waals surface area contributed by atoms with Gasteiger partial charge >= 0.3 is 0 Å². The van der Waals surface area contributed by atoms with Crippen LogP contribution in [0.1, 0.15) is 20.3 Å². The molecule has 96 valence electrons. The topological polar surface area (TPSA) is 46.9 Å². The summed E-state index contributed by atoms with van der Waals surface area (Å²) in [6.07, 6.45) is 3.97. The summed E-state index contributed by atoms with van der Waals surface area (Å²) < 4.78 is 1.58.